The van der Waals surface area contributed by atoms with Crippen LogP contribution in [-0.4, -0.2) is 54.6 Å². The molecule has 3 amide bonds. The number of piperidine rings is 1. The third-order valence-corrected chi connectivity index (χ3v) is 4.91. The fourth-order valence-corrected chi connectivity index (χ4v) is 3.19. The van der Waals surface area contributed by atoms with Crippen molar-refractivity contribution in [3.63, 3.8) is 0 Å². The van der Waals surface area contributed by atoms with Crippen molar-refractivity contribution in [2.45, 2.75) is 52.6 Å². The standard InChI is InChI=1S/C22H32FN3O4/c1-15-5-6-17(14-18(15)23)20(28)25-10-9-24-19(27)13-16-7-11-26(12-8-16)21(29)30-22(2,3)4/h5-6,14,16H,7-13H2,1-4H3,(H,24,27)(H,25,28). The van der Waals surface area contributed by atoms with Crippen LogP contribution in [-0.2, 0) is 9.53 Å². The lowest BCUT2D eigenvalue weighted by atomic mass is 9.93. The van der Waals surface area contributed by atoms with Gasteiger partial charge in [0.15, 0.2) is 0 Å². The first-order chi connectivity index (χ1) is 14.0. The lowest BCUT2D eigenvalue weighted by Gasteiger charge is -2.33. The number of carbonyl (C=O) groups excluding carboxylic acids is 3. The van der Waals surface area contributed by atoms with Gasteiger partial charge in [-0.05, 0) is 64.2 Å². The molecule has 0 bridgehead atoms. The number of halogens is 1. The molecule has 0 aliphatic carbocycles. The SMILES string of the molecule is Cc1ccc(C(=O)NCCNC(=O)CC2CCN(C(=O)OC(C)(C)C)CC2)cc1F. The van der Waals surface area contributed by atoms with Gasteiger partial charge in [-0.3, -0.25) is 9.59 Å². The highest BCUT2D eigenvalue weighted by atomic mass is 19.1. The maximum Gasteiger partial charge on any atom is 0.410 e. The lowest BCUT2D eigenvalue weighted by Crippen LogP contribution is -2.42. The van der Waals surface area contributed by atoms with Crippen molar-refractivity contribution in [3.05, 3.63) is 35.1 Å². The van der Waals surface area contributed by atoms with Crippen molar-refractivity contribution in [1.29, 1.82) is 0 Å². The van der Waals surface area contributed by atoms with Gasteiger partial charge in [-0.1, -0.05) is 6.07 Å². The van der Waals surface area contributed by atoms with E-state index >= 15 is 0 Å². The van der Waals surface area contributed by atoms with Crippen LogP contribution in [0.25, 0.3) is 0 Å². The molecule has 1 aliphatic rings. The molecule has 0 atom stereocenters. The minimum atomic E-state index is -0.517. The second-order valence-corrected chi connectivity index (χ2v) is 8.68. The maximum absolute atomic E-state index is 13.5. The van der Waals surface area contributed by atoms with Crippen LogP contribution in [0.5, 0.6) is 0 Å². The Labute approximate surface area is 177 Å². The van der Waals surface area contributed by atoms with E-state index in [0.29, 0.717) is 31.6 Å². The third-order valence-electron chi connectivity index (χ3n) is 4.91. The van der Waals surface area contributed by atoms with Crippen LogP contribution in [0.1, 0.15) is 56.0 Å². The molecule has 0 saturated carbocycles. The number of likely N-dealkylation sites (tertiary alicyclic amines) is 1. The second kappa shape index (κ2) is 10.4. The maximum atomic E-state index is 13.5. The zero-order valence-electron chi connectivity index (χ0n) is 18.2. The van der Waals surface area contributed by atoms with Gasteiger partial charge in [0.25, 0.3) is 5.91 Å². The minimum Gasteiger partial charge on any atom is -0.444 e. The summed E-state index contributed by atoms with van der Waals surface area (Å²) in [6.45, 7) is 8.86. The van der Waals surface area contributed by atoms with Gasteiger partial charge in [-0.15, -0.1) is 0 Å². The predicted octanol–water partition coefficient (Wildman–Crippen LogP) is 3.02. The molecule has 166 valence electrons. The van der Waals surface area contributed by atoms with Crippen LogP contribution in [0, 0.1) is 18.7 Å². The molecule has 8 heteroatoms. The summed E-state index contributed by atoms with van der Waals surface area (Å²) >= 11 is 0. The molecule has 2 N–H and O–H groups in total. The molecule has 0 unspecified atom stereocenters. The Balaban J connectivity index is 1.63. The topological polar surface area (TPSA) is 87.7 Å². The number of aryl methyl sites for hydroxylation is 1. The number of rotatable bonds is 6. The summed E-state index contributed by atoms with van der Waals surface area (Å²) in [7, 11) is 0. The van der Waals surface area contributed by atoms with E-state index in [2.05, 4.69) is 10.6 Å². The van der Waals surface area contributed by atoms with E-state index in [-0.39, 0.29) is 35.9 Å². The molecule has 1 heterocycles. The average molecular weight is 422 g/mol. The normalized spacial score (nSPS) is 14.9. The fraction of sp³-hybridized carbons (Fsp3) is 0.591. The summed E-state index contributed by atoms with van der Waals surface area (Å²) in [6.07, 6.45) is 1.58. The Morgan fingerprint density at radius 1 is 1.13 bits per heavy atom. The molecule has 2 rings (SSSR count). The van der Waals surface area contributed by atoms with Crippen molar-refractivity contribution < 1.29 is 23.5 Å². The van der Waals surface area contributed by atoms with Gasteiger partial charge in [-0.2, -0.15) is 0 Å². The van der Waals surface area contributed by atoms with Crippen LogP contribution in [0.2, 0.25) is 0 Å². The molecule has 30 heavy (non-hydrogen) atoms. The van der Waals surface area contributed by atoms with Gasteiger partial charge in [0.1, 0.15) is 11.4 Å². The molecule has 0 aromatic heterocycles. The molecular formula is C22H32FN3O4. The number of nitrogens with one attached hydrogen (secondary N) is 2. The van der Waals surface area contributed by atoms with Gasteiger partial charge in [0.05, 0.1) is 0 Å². The van der Waals surface area contributed by atoms with Crippen molar-refractivity contribution in [1.82, 2.24) is 15.5 Å². The average Bonchev–Trinajstić information content (AvgIpc) is 2.66. The zero-order chi connectivity index (χ0) is 22.3. The van der Waals surface area contributed by atoms with E-state index in [4.69, 9.17) is 4.74 Å². The van der Waals surface area contributed by atoms with Gasteiger partial charge >= 0.3 is 6.09 Å². The summed E-state index contributed by atoms with van der Waals surface area (Å²) in [5.74, 6) is -0.665. The monoisotopic (exact) mass is 421 g/mol. The zero-order valence-corrected chi connectivity index (χ0v) is 18.2. The fourth-order valence-electron chi connectivity index (χ4n) is 3.19. The van der Waals surface area contributed by atoms with E-state index in [1.165, 1.54) is 6.07 Å². The third kappa shape index (κ3) is 7.65. The second-order valence-electron chi connectivity index (χ2n) is 8.68. The molecule has 0 spiro atoms. The molecule has 1 aromatic carbocycles. The molecule has 7 nitrogen and oxygen atoms in total. The molecular weight excluding hydrogens is 389 g/mol. The highest BCUT2D eigenvalue weighted by Crippen LogP contribution is 2.22. The van der Waals surface area contributed by atoms with Crippen LogP contribution >= 0.6 is 0 Å². The van der Waals surface area contributed by atoms with Gasteiger partial charge < -0.3 is 20.3 Å². The Hall–Kier alpha value is -2.64. The van der Waals surface area contributed by atoms with E-state index in [1.54, 1.807) is 24.0 Å². The first kappa shape index (κ1) is 23.6. The van der Waals surface area contributed by atoms with E-state index < -0.39 is 11.4 Å². The van der Waals surface area contributed by atoms with Gasteiger partial charge in [0, 0.05) is 38.2 Å². The number of benzene rings is 1. The van der Waals surface area contributed by atoms with Gasteiger partial charge in [-0.25, -0.2) is 9.18 Å². The Morgan fingerprint density at radius 2 is 1.77 bits per heavy atom. The number of carbonyl (C=O) groups is 3. The largest absolute Gasteiger partial charge is 0.444 e. The van der Waals surface area contributed by atoms with E-state index in [9.17, 15) is 18.8 Å². The minimum absolute atomic E-state index is 0.0821. The van der Waals surface area contributed by atoms with E-state index in [0.717, 1.165) is 12.8 Å². The molecule has 0 radical (unpaired) electrons. The summed E-state index contributed by atoms with van der Waals surface area (Å²) in [4.78, 5) is 37.9. The Bertz CT molecular complexity index is 768. The molecule has 1 aromatic rings. The highest BCUT2D eigenvalue weighted by molar-refractivity contribution is 5.94. The van der Waals surface area contributed by atoms with Crippen molar-refractivity contribution in [3.8, 4) is 0 Å². The molecule has 1 aliphatic heterocycles. The number of hydrogen-bond acceptors (Lipinski definition) is 4. The number of ether oxygens (including phenoxy) is 1. The first-order valence-electron chi connectivity index (χ1n) is 10.3. The Morgan fingerprint density at radius 3 is 2.37 bits per heavy atom. The molecule has 1 fully saturated rings. The van der Waals surface area contributed by atoms with Crippen molar-refractivity contribution >= 4 is 17.9 Å². The van der Waals surface area contributed by atoms with Crippen LogP contribution in [0.4, 0.5) is 9.18 Å². The van der Waals surface area contributed by atoms with Crippen LogP contribution < -0.4 is 10.6 Å². The number of hydrogen-bond donors (Lipinski definition) is 2. The summed E-state index contributed by atoms with van der Waals surface area (Å²) in [5.41, 5.74) is 0.216. The number of amides is 3. The lowest BCUT2D eigenvalue weighted by molar-refractivity contribution is -0.122. The quantitative estimate of drug-likeness (QED) is 0.691. The smallest absolute Gasteiger partial charge is 0.410 e. The number of nitrogens with zero attached hydrogens (tertiary/aromatic N) is 1. The predicted molar refractivity (Wildman–Crippen MR) is 112 cm³/mol. The van der Waals surface area contributed by atoms with Crippen LogP contribution in [0.3, 0.4) is 0 Å². The molecule has 1 saturated heterocycles. The first-order valence-corrected chi connectivity index (χ1v) is 10.3. The van der Waals surface area contributed by atoms with E-state index in [1.807, 2.05) is 20.8 Å². The van der Waals surface area contributed by atoms with Crippen molar-refractivity contribution in [2.75, 3.05) is 26.2 Å². The van der Waals surface area contributed by atoms with Gasteiger partial charge in [0.2, 0.25) is 5.91 Å². The summed E-state index contributed by atoms with van der Waals surface area (Å²) in [5, 5.41) is 5.45. The summed E-state index contributed by atoms with van der Waals surface area (Å²) < 4.78 is 18.9. The highest BCUT2D eigenvalue weighted by Gasteiger charge is 2.27. The Kier molecular flexibility index (Phi) is 8.20. The van der Waals surface area contributed by atoms with Crippen molar-refractivity contribution in [2.24, 2.45) is 5.92 Å². The van der Waals surface area contributed by atoms with Crippen LogP contribution in [0.15, 0.2) is 18.2 Å². The summed E-state index contributed by atoms with van der Waals surface area (Å²) in [6, 6.07) is 4.32.